The van der Waals surface area contributed by atoms with Gasteiger partial charge in [-0.25, -0.2) is 9.48 Å². The number of benzene rings is 1. The number of ether oxygens (including phenoxy) is 1. The van der Waals surface area contributed by atoms with Crippen molar-refractivity contribution in [3.63, 3.8) is 0 Å². The second kappa shape index (κ2) is 6.74. The van der Waals surface area contributed by atoms with E-state index in [1.807, 2.05) is 38.1 Å². The minimum absolute atomic E-state index is 0.0880. The molecule has 4 rings (SSSR count). The fourth-order valence-electron chi connectivity index (χ4n) is 3.13. The Bertz CT molecular complexity index is 925. The highest BCUT2D eigenvalue weighted by atomic mass is 16.5. The van der Waals surface area contributed by atoms with Gasteiger partial charge in [-0.15, -0.1) is 5.10 Å². The van der Waals surface area contributed by atoms with Gasteiger partial charge in [0.05, 0.1) is 11.6 Å². The summed E-state index contributed by atoms with van der Waals surface area (Å²) >= 11 is 0. The van der Waals surface area contributed by atoms with Gasteiger partial charge in [-0.1, -0.05) is 30.3 Å². The number of aromatic nitrogens is 5. The summed E-state index contributed by atoms with van der Waals surface area (Å²) in [5.41, 5.74) is 3.71. The Morgan fingerprint density at radius 3 is 2.73 bits per heavy atom. The van der Waals surface area contributed by atoms with Crippen molar-refractivity contribution < 1.29 is 9.53 Å². The monoisotopic (exact) mass is 351 g/mol. The molecule has 0 spiro atoms. The van der Waals surface area contributed by atoms with E-state index in [0.29, 0.717) is 17.4 Å². The first-order chi connectivity index (χ1) is 12.6. The molecule has 0 amide bonds. The maximum absolute atomic E-state index is 12.6. The number of carbonyl (C=O) groups excluding carboxylic acids is 1. The van der Waals surface area contributed by atoms with Gasteiger partial charge in [0.15, 0.2) is 12.4 Å². The SMILES string of the molecule is Cc1cc(C(=O)OCc2nnnn2C2CC2)c(C)n1Cc1ccccc1. The van der Waals surface area contributed by atoms with Gasteiger partial charge in [0.2, 0.25) is 0 Å². The smallest absolute Gasteiger partial charge is 0.340 e. The lowest BCUT2D eigenvalue weighted by atomic mass is 10.2. The standard InChI is InChI=1S/C19H21N5O2/c1-13-10-17(14(2)23(13)11-15-6-4-3-5-7-15)19(25)26-12-18-20-21-22-24(18)16-8-9-16/h3-7,10,16H,8-9,11-12H2,1-2H3. The Kier molecular flexibility index (Phi) is 4.28. The van der Waals surface area contributed by atoms with Gasteiger partial charge < -0.3 is 9.30 Å². The minimum Gasteiger partial charge on any atom is -0.454 e. The molecule has 0 atom stereocenters. The highest BCUT2D eigenvalue weighted by Gasteiger charge is 2.28. The van der Waals surface area contributed by atoms with Crippen LogP contribution in [0.5, 0.6) is 0 Å². The molecular formula is C19H21N5O2. The van der Waals surface area contributed by atoms with Crippen LogP contribution in [0.2, 0.25) is 0 Å². The van der Waals surface area contributed by atoms with Gasteiger partial charge in [-0.2, -0.15) is 0 Å². The lowest BCUT2D eigenvalue weighted by molar-refractivity contribution is 0.0455. The van der Waals surface area contributed by atoms with Gasteiger partial charge in [-0.3, -0.25) is 0 Å². The van der Waals surface area contributed by atoms with E-state index in [-0.39, 0.29) is 12.6 Å². The van der Waals surface area contributed by atoms with E-state index in [1.165, 1.54) is 5.56 Å². The molecule has 134 valence electrons. The van der Waals surface area contributed by atoms with Crippen LogP contribution in [0.25, 0.3) is 0 Å². The summed E-state index contributed by atoms with van der Waals surface area (Å²) in [7, 11) is 0. The van der Waals surface area contributed by atoms with Crippen molar-refractivity contribution in [1.29, 1.82) is 0 Å². The molecule has 3 aromatic rings. The number of hydrogen-bond acceptors (Lipinski definition) is 5. The fourth-order valence-corrected chi connectivity index (χ4v) is 3.13. The van der Waals surface area contributed by atoms with Crippen molar-refractivity contribution in [1.82, 2.24) is 24.8 Å². The Morgan fingerprint density at radius 1 is 1.23 bits per heavy atom. The van der Waals surface area contributed by atoms with E-state index in [4.69, 9.17) is 4.74 Å². The lowest BCUT2D eigenvalue weighted by Crippen LogP contribution is -2.11. The summed E-state index contributed by atoms with van der Waals surface area (Å²) in [5, 5.41) is 11.6. The van der Waals surface area contributed by atoms with Gasteiger partial charge in [-0.05, 0) is 48.7 Å². The number of hydrogen-bond donors (Lipinski definition) is 0. The second-order valence-corrected chi connectivity index (χ2v) is 6.70. The van der Waals surface area contributed by atoms with Gasteiger partial charge >= 0.3 is 5.97 Å². The topological polar surface area (TPSA) is 74.8 Å². The Labute approximate surface area is 151 Å². The van der Waals surface area contributed by atoms with Crippen LogP contribution in [0.1, 0.15) is 52.0 Å². The maximum Gasteiger partial charge on any atom is 0.340 e. The molecule has 1 saturated carbocycles. The number of rotatable bonds is 6. The molecule has 26 heavy (non-hydrogen) atoms. The van der Waals surface area contributed by atoms with E-state index < -0.39 is 0 Å². The third-order valence-corrected chi connectivity index (χ3v) is 4.76. The molecule has 1 aliphatic rings. The number of aryl methyl sites for hydroxylation is 1. The summed E-state index contributed by atoms with van der Waals surface area (Å²) in [5.74, 6) is 0.252. The zero-order valence-electron chi connectivity index (χ0n) is 14.9. The van der Waals surface area contributed by atoms with Crippen molar-refractivity contribution in [2.24, 2.45) is 0 Å². The molecule has 1 fully saturated rings. The van der Waals surface area contributed by atoms with E-state index in [9.17, 15) is 4.79 Å². The third kappa shape index (κ3) is 3.24. The lowest BCUT2D eigenvalue weighted by Gasteiger charge is -2.10. The molecule has 0 bridgehead atoms. The van der Waals surface area contributed by atoms with Crippen molar-refractivity contribution in [2.45, 2.75) is 45.9 Å². The van der Waals surface area contributed by atoms with Crippen LogP contribution in [-0.4, -0.2) is 30.7 Å². The predicted molar refractivity (Wildman–Crippen MR) is 94.7 cm³/mol. The van der Waals surface area contributed by atoms with E-state index in [1.54, 1.807) is 4.68 Å². The number of tetrazole rings is 1. The zero-order valence-corrected chi connectivity index (χ0v) is 14.9. The minimum atomic E-state index is -0.345. The molecule has 0 aliphatic heterocycles. The predicted octanol–water partition coefficient (Wildman–Crippen LogP) is 2.83. The Morgan fingerprint density at radius 2 is 2.00 bits per heavy atom. The van der Waals surface area contributed by atoms with Crippen LogP contribution in [0, 0.1) is 13.8 Å². The molecule has 7 nitrogen and oxygen atoms in total. The van der Waals surface area contributed by atoms with Gasteiger partial charge in [0.25, 0.3) is 0 Å². The highest BCUT2D eigenvalue weighted by Crippen LogP contribution is 2.34. The highest BCUT2D eigenvalue weighted by molar-refractivity contribution is 5.91. The Hall–Kier alpha value is -2.96. The summed E-state index contributed by atoms with van der Waals surface area (Å²) in [6, 6.07) is 12.4. The van der Waals surface area contributed by atoms with E-state index in [0.717, 1.165) is 30.8 Å². The third-order valence-electron chi connectivity index (χ3n) is 4.76. The molecule has 1 aromatic carbocycles. The quantitative estimate of drug-likeness (QED) is 0.638. The summed E-state index contributed by atoms with van der Waals surface area (Å²) in [6.07, 6.45) is 2.15. The van der Waals surface area contributed by atoms with Crippen molar-refractivity contribution >= 4 is 5.97 Å². The van der Waals surface area contributed by atoms with Crippen LogP contribution in [-0.2, 0) is 17.9 Å². The molecule has 0 unspecified atom stereocenters. The first kappa shape index (κ1) is 16.5. The normalized spacial score (nSPS) is 13.8. The van der Waals surface area contributed by atoms with Crippen LogP contribution < -0.4 is 0 Å². The zero-order chi connectivity index (χ0) is 18.1. The molecule has 2 heterocycles. The molecule has 0 radical (unpaired) electrons. The summed E-state index contributed by atoms with van der Waals surface area (Å²) in [6.45, 7) is 4.76. The first-order valence-corrected chi connectivity index (χ1v) is 8.78. The number of esters is 1. The van der Waals surface area contributed by atoms with Crippen LogP contribution in [0.15, 0.2) is 36.4 Å². The average Bonchev–Trinajstić information content (AvgIpc) is 3.33. The van der Waals surface area contributed by atoms with Crippen molar-refractivity contribution in [3.8, 4) is 0 Å². The fraction of sp³-hybridized carbons (Fsp3) is 0.368. The molecular weight excluding hydrogens is 330 g/mol. The van der Waals surface area contributed by atoms with E-state index >= 15 is 0 Å². The summed E-state index contributed by atoms with van der Waals surface area (Å²) < 4.78 is 9.36. The molecule has 1 aliphatic carbocycles. The van der Waals surface area contributed by atoms with Gasteiger partial charge in [0, 0.05) is 17.9 Å². The van der Waals surface area contributed by atoms with Crippen molar-refractivity contribution in [3.05, 3.63) is 64.7 Å². The number of nitrogens with zero attached hydrogens (tertiary/aromatic N) is 5. The molecule has 0 saturated heterocycles. The maximum atomic E-state index is 12.6. The largest absolute Gasteiger partial charge is 0.454 e. The van der Waals surface area contributed by atoms with Crippen LogP contribution >= 0.6 is 0 Å². The second-order valence-electron chi connectivity index (χ2n) is 6.70. The van der Waals surface area contributed by atoms with Crippen LogP contribution in [0.4, 0.5) is 0 Å². The Balaban J connectivity index is 1.47. The first-order valence-electron chi connectivity index (χ1n) is 8.78. The van der Waals surface area contributed by atoms with Crippen molar-refractivity contribution in [2.75, 3.05) is 0 Å². The number of carbonyl (C=O) groups is 1. The molecule has 2 aromatic heterocycles. The molecule has 7 heteroatoms. The summed E-state index contributed by atoms with van der Waals surface area (Å²) in [4.78, 5) is 12.6. The molecule has 0 N–H and O–H groups in total. The average molecular weight is 351 g/mol. The van der Waals surface area contributed by atoms with Crippen LogP contribution in [0.3, 0.4) is 0 Å². The van der Waals surface area contributed by atoms with Gasteiger partial charge in [0.1, 0.15) is 0 Å². The van der Waals surface area contributed by atoms with E-state index in [2.05, 4.69) is 32.2 Å².